The monoisotopic (exact) mass is 490 g/mol. The number of aliphatic imine (C=N–C) groups is 1. The van der Waals surface area contributed by atoms with Gasteiger partial charge in [-0.25, -0.2) is 4.98 Å². The molecule has 0 saturated heterocycles. The van der Waals surface area contributed by atoms with Gasteiger partial charge in [0.25, 0.3) is 0 Å². The lowest BCUT2D eigenvalue weighted by atomic mass is 10.4. The van der Waals surface area contributed by atoms with Crippen LogP contribution in [0.15, 0.2) is 46.4 Å². The molecule has 0 saturated carbocycles. The van der Waals surface area contributed by atoms with Gasteiger partial charge in [0.15, 0.2) is 5.96 Å². The van der Waals surface area contributed by atoms with Crippen LogP contribution < -0.4 is 10.6 Å². The van der Waals surface area contributed by atoms with E-state index in [-0.39, 0.29) is 24.0 Å². The van der Waals surface area contributed by atoms with E-state index >= 15 is 0 Å². The lowest BCUT2D eigenvalue weighted by Crippen LogP contribution is -2.40. The minimum Gasteiger partial charge on any atom is -0.356 e. The third-order valence-electron chi connectivity index (χ3n) is 3.44. The third kappa shape index (κ3) is 8.42. The minimum absolute atomic E-state index is 0. The Labute approximate surface area is 176 Å². The van der Waals surface area contributed by atoms with Gasteiger partial charge in [-0.15, -0.1) is 47.1 Å². The summed E-state index contributed by atoms with van der Waals surface area (Å²) in [6, 6.07) is 10.5. The molecule has 1 aromatic heterocycles. The molecule has 0 aliphatic rings. The Morgan fingerprint density at radius 3 is 2.68 bits per heavy atom. The molecule has 1 heterocycles. The molecule has 0 aliphatic heterocycles. The molecule has 1 aromatic carbocycles. The summed E-state index contributed by atoms with van der Waals surface area (Å²) in [4.78, 5) is 11.4. The van der Waals surface area contributed by atoms with Crippen LogP contribution in [0, 0.1) is 0 Å². The highest BCUT2D eigenvalue weighted by atomic mass is 127. The summed E-state index contributed by atoms with van der Waals surface area (Å²) in [5, 5.41) is 8.41. The second-order valence-electron chi connectivity index (χ2n) is 5.45. The number of thiazole rings is 1. The molecule has 138 valence electrons. The van der Waals surface area contributed by atoms with E-state index in [1.807, 2.05) is 31.1 Å². The number of guanidine groups is 1. The molecule has 4 nitrogen and oxygen atoms in total. The normalized spacial score (nSPS) is 12.4. The van der Waals surface area contributed by atoms with E-state index in [1.54, 1.807) is 11.3 Å². The van der Waals surface area contributed by atoms with Crippen LogP contribution in [0.1, 0.15) is 23.7 Å². The van der Waals surface area contributed by atoms with Crippen LogP contribution in [0.2, 0.25) is 0 Å². The van der Waals surface area contributed by atoms with Gasteiger partial charge in [-0.05, 0) is 18.6 Å². The van der Waals surface area contributed by atoms with Crippen LogP contribution in [-0.2, 0) is 12.8 Å². The highest BCUT2D eigenvalue weighted by molar-refractivity contribution is 14.0. The maximum Gasteiger partial charge on any atom is 0.191 e. The second kappa shape index (κ2) is 12.5. The summed E-state index contributed by atoms with van der Waals surface area (Å²) >= 11 is 3.67. The van der Waals surface area contributed by atoms with Gasteiger partial charge in [0, 0.05) is 47.8 Å². The maximum absolute atomic E-state index is 4.45. The predicted molar refractivity (Wildman–Crippen MR) is 122 cm³/mol. The quantitative estimate of drug-likeness (QED) is 0.252. The Kier molecular flexibility index (Phi) is 11.2. The van der Waals surface area contributed by atoms with Gasteiger partial charge in [-0.3, -0.25) is 4.99 Å². The highest BCUT2D eigenvalue weighted by Crippen LogP contribution is 2.21. The Hall–Kier alpha value is -0.800. The van der Waals surface area contributed by atoms with Crippen molar-refractivity contribution in [3.63, 3.8) is 0 Å². The molecule has 7 heteroatoms. The SMILES string of the molecule is CCc1cnc(CCNC(=NC)NCC(C)Sc2ccccc2)s1.I. The van der Waals surface area contributed by atoms with E-state index in [0.29, 0.717) is 5.25 Å². The average Bonchev–Trinajstić information content (AvgIpc) is 3.07. The van der Waals surface area contributed by atoms with Gasteiger partial charge in [0.1, 0.15) is 0 Å². The number of rotatable bonds is 8. The largest absolute Gasteiger partial charge is 0.356 e. The maximum atomic E-state index is 4.45. The molecule has 0 radical (unpaired) electrons. The van der Waals surface area contributed by atoms with Crippen LogP contribution in [0.4, 0.5) is 0 Å². The Balaban J connectivity index is 0.00000312. The summed E-state index contributed by atoms with van der Waals surface area (Å²) in [7, 11) is 1.81. The number of aryl methyl sites for hydroxylation is 1. The van der Waals surface area contributed by atoms with Crippen molar-refractivity contribution in [1.29, 1.82) is 0 Å². The Morgan fingerprint density at radius 2 is 2.04 bits per heavy atom. The van der Waals surface area contributed by atoms with E-state index in [9.17, 15) is 0 Å². The van der Waals surface area contributed by atoms with Gasteiger partial charge in [0.05, 0.1) is 5.01 Å². The second-order valence-corrected chi connectivity index (χ2v) is 8.16. The molecule has 2 aromatic rings. The summed E-state index contributed by atoms with van der Waals surface area (Å²) in [6.45, 7) is 6.10. The summed E-state index contributed by atoms with van der Waals surface area (Å²) < 4.78 is 0. The van der Waals surface area contributed by atoms with E-state index < -0.39 is 0 Å². The summed E-state index contributed by atoms with van der Waals surface area (Å²) in [5.41, 5.74) is 0. The smallest absolute Gasteiger partial charge is 0.191 e. The van der Waals surface area contributed by atoms with Crippen molar-refractivity contribution in [2.24, 2.45) is 4.99 Å². The number of thioether (sulfide) groups is 1. The first-order chi connectivity index (χ1) is 11.7. The van der Waals surface area contributed by atoms with E-state index in [1.165, 1.54) is 14.8 Å². The van der Waals surface area contributed by atoms with Crippen LogP contribution in [-0.4, -0.2) is 36.3 Å². The molecule has 0 bridgehead atoms. The van der Waals surface area contributed by atoms with Crippen molar-refractivity contribution in [2.75, 3.05) is 20.1 Å². The molecule has 0 amide bonds. The summed E-state index contributed by atoms with van der Waals surface area (Å²) in [5.74, 6) is 0.850. The van der Waals surface area contributed by atoms with Crippen molar-refractivity contribution >= 4 is 53.0 Å². The van der Waals surface area contributed by atoms with E-state index in [2.05, 4.69) is 58.7 Å². The van der Waals surface area contributed by atoms with Crippen molar-refractivity contribution in [2.45, 2.75) is 36.8 Å². The number of hydrogen-bond acceptors (Lipinski definition) is 4. The number of nitrogens with zero attached hydrogens (tertiary/aromatic N) is 2. The number of nitrogens with one attached hydrogen (secondary N) is 2. The van der Waals surface area contributed by atoms with Gasteiger partial charge >= 0.3 is 0 Å². The lowest BCUT2D eigenvalue weighted by Gasteiger charge is -2.15. The molecule has 1 unspecified atom stereocenters. The molecular weight excluding hydrogens is 463 g/mol. The van der Waals surface area contributed by atoms with Gasteiger partial charge < -0.3 is 10.6 Å². The van der Waals surface area contributed by atoms with Crippen molar-refractivity contribution < 1.29 is 0 Å². The van der Waals surface area contributed by atoms with Crippen molar-refractivity contribution in [1.82, 2.24) is 15.6 Å². The molecule has 2 rings (SSSR count). The number of benzene rings is 1. The zero-order valence-electron chi connectivity index (χ0n) is 15.0. The molecule has 0 fully saturated rings. The number of hydrogen-bond donors (Lipinski definition) is 2. The molecule has 1 atom stereocenters. The van der Waals surface area contributed by atoms with Gasteiger partial charge in [-0.2, -0.15) is 0 Å². The van der Waals surface area contributed by atoms with Crippen molar-refractivity contribution in [3.8, 4) is 0 Å². The molecular formula is C18H27IN4S2. The first kappa shape index (κ1) is 22.2. The Bertz CT molecular complexity index is 631. The fourth-order valence-electron chi connectivity index (χ4n) is 2.15. The highest BCUT2D eigenvalue weighted by Gasteiger charge is 2.06. The number of halogens is 1. The fraction of sp³-hybridized carbons (Fsp3) is 0.444. The predicted octanol–water partition coefficient (Wildman–Crippen LogP) is 4.21. The van der Waals surface area contributed by atoms with Crippen LogP contribution in [0.3, 0.4) is 0 Å². The summed E-state index contributed by atoms with van der Waals surface area (Å²) in [6.07, 6.45) is 3.97. The zero-order valence-corrected chi connectivity index (χ0v) is 19.0. The molecule has 25 heavy (non-hydrogen) atoms. The van der Waals surface area contributed by atoms with Crippen LogP contribution in [0.5, 0.6) is 0 Å². The number of aromatic nitrogens is 1. The molecule has 0 spiro atoms. The lowest BCUT2D eigenvalue weighted by molar-refractivity contribution is 0.779. The first-order valence-corrected chi connectivity index (χ1v) is 10.0. The molecule has 0 aliphatic carbocycles. The standard InChI is InChI=1S/C18H26N4S2.HI/c1-4-15-13-21-17(24-15)10-11-20-18(19-3)22-12-14(2)23-16-8-6-5-7-9-16;/h5-9,13-14H,4,10-12H2,1-3H3,(H2,19,20,22);1H. The van der Waals surface area contributed by atoms with Crippen molar-refractivity contribution in [3.05, 3.63) is 46.4 Å². The first-order valence-electron chi connectivity index (χ1n) is 8.31. The van der Waals surface area contributed by atoms with E-state index in [4.69, 9.17) is 0 Å². The van der Waals surface area contributed by atoms with E-state index in [0.717, 1.165) is 31.9 Å². The van der Waals surface area contributed by atoms with Gasteiger partial charge in [-0.1, -0.05) is 32.0 Å². The fourth-order valence-corrected chi connectivity index (χ4v) is 3.96. The average molecular weight is 490 g/mol. The van der Waals surface area contributed by atoms with Crippen LogP contribution >= 0.6 is 47.1 Å². The topological polar surface area (TPSA) is 49.3 Å². The van der Waals surface area contributed by atoms with Gasteiger partial charge in [0.2, 0.25) is 0 Å². The molecule has 2 N–H and O–H groups in total. The van der Waals surface area contributed by atoms with Crippen LogP contribution in [0.25, 0.3) is 0 Å². The minimum atomic E-state index is 0. The third-order valence-corrected chi connectivity index (χ3v) is 5.76. The zero-order chi connectivity index (χ0) is 17.2. The Morgan fingerprint density at radius 1 is 1.28 bits per heavy atom.